The van der Waals surface area contributed by atoms with E-state index in [0.717, 1.165) is 5.56 Å². The van der Waals surface area contributed by atoms with E-state index in [-0.39, 0.29) is 23.1 Å². The van der Waals surface area contributed by atoms with E-state index in [1.165, 1.54) is 24.5 Å². The lowest BCUT2D eigenvalue weighted by molar-refractivity contribution is 0.102. The highest BCUT2D eigenvalue weighted by Gasteiger charge is 2.21. The van der Waals surface area contributed by atoms with Crippen LogP contribution in [-0.2, 0) is 0 Å². The second-order valence-electron chi connectivity index (χ2n) is 7.55. The van der Waals surface area contributed by atoms with Crippen molar-refractivity contribution in [3.8, 4) is 39.8 Å². The number of aromatic amines is 1. The zero-order valence-electron chi connectivity index (χ0n) is 19.1. The molecule has 0 aliphatic heterocycles. The van der Waals surface area contributed by atoms with Crippen LogP contribution in [0.1, 0.15) is 16.3 Å². The molecule has 176 valence electrons. The zero-order valence-corrected chi connectivity index (χ0v) is 19.9. The molecular weight excluding hydrogens is 469 g/mol. The van der Waals surface area contributed by atoms with E-state index in [2.05, 4.69) is 15.0 Å². The molecule has 0 radical (unpaired) electrons. The number of carbonyl (C=O) groups is 1. The second-order valence-corrected chi connectivity index (χ2v) is 8.43. The van der Waals surface area contributed by atoms with Crippen LogP contribution >= 0.6 is 11.3 Å². The smallest absolute Gasteiger partial charge is 0.246 e. The van der Waals surface area contributed by atoms with E-state index in [4.69, 9.17) is 14.2 Å². The Morgan fingerprint density at radius 3 is 2.49 bits per heavy atom. The van der Waals surface area contributed by atoms with E-state index < -0.39 is 0 Å². The van der Waals surface area contributed by atoms with E-state index >= 15 is 0 Å². The number of fused-ring (bicyclic) bond motifs is 1. The average Bonchev–Trinajstić information content (AvgIpc) is 3.56. The summed E-state index contributed by atoms with van der Waals surface area (Å²) in [5, 5.41) is 2.52. The number of imidazole rings is 1. The standard InChI is InChI=1S/C26H20FN3O4S/c1-32-20-9-7-14(11-22(20)34-3)19-12-28-26(30-19)24(31)18-8-10-21(33-2)23(29-18)16-13-35-25-15(16)5-4-6-17(25)27/h4-13H,1-3H3,(H,28,30). The van der Waals surface area contributed by atoms with Gasteiger partial charge in [-0.25, -0.2) is 14.4 Å². The largest absolute Gasteiger partial charge is 0.494 e. The molecule has 0 spiro atoms. The molecule has 0 bridgehead atoms. The second kappa shape index (κ2) is 9.19. The summed E-state index contributed by atoms with van der Waals surface area (Å²) in [4.78, 5) is 25.2. The van der Waals surface area contributed by atoms with Crippen LogP contribution in [0, 0.1) is 5.82 Å². The third kappa shape index (κ3) is 4.00. The number of methoxy groups -OCH3 is 3. The number of aromatic nitrogens is 3. The molecule has 1 N–H and O–H groups in total. The van der Waals surface area contributed by atoms with Gasteiger partial charge in [0.1, 0.15) is 23.0 Å². The number of nitrogens with one attached hydrogen (secondary N) is 1. The van der Waals surface area contributed by atoms with Gasteiger partial charge < -0.3 is 19.2 Å². The summed E-state index contributed by atoms with van der Waals surface area (Å²) in [6.45, 7) is 0. The first-order valence-corrected chi connectivity index (χ1v) is 11.5. The molecule has 7 nitrogen and oxygen atoms in total. The van der Waals surface area contributed by atoms with Gasteiger partial charge in [-0.1, -0.05) is 12.1 Å². The predicted octanol–water partition coefficient (Wildman–Crippen LogP) is 5.75. The molecule has 5 rings (SSSR count). The SMILES string of the molecule is COc1ccc(-c2c[nH]c(C(=O)c3ccc(OC)c(-c4csc5c(F)cccc45)n3)n2)cc1OC. The van der Waals surface area contributed by atoms with Gasteiger partial charge in [-0.15, -0.1) is 11.3 Å². The number of carbonyl (C=O) groups excluding carboxylic acids is 1. The topological polar surface area (TPSA) is 86.3 Å². The van der Waals surface area contributed by atoms with Crippen molar-refractivity contribution in [3.63, 3.8) is 0 Å². The molecule has 0 saturated heterocycles. The summed E-state index contributed by atoms with van der Waals surface area (Å²) < 4.78 is 30.9. The highest BCUT2D eigenvalue weighted by Crippen LogP contribution is 2.38. The first-order valence-electron chi connectivity index (χ1n) is 10.6. The predicted molar refractivity (Wildman–Crippen MR) is 132 cm³/mol. The van der Waals surface area contributed by atoms with Crippen LogP contribution < -0.4 is 14.2 Å². The van der Waals surface area contributed by atoms with E-state index in [1.54, 1.807) is 50.7 Å². The maximum absolute atomic E-state index is 14.2. The molecular formula is C26H20FN3O4S. The van der Waals surface area contributed by atoms with Crippen LogP contribution in [0.3, 0.4) is 0 Å². The van der Waals surface area contributed by atoms with Crippen molar-refractivity contribution in [2.75, 3.05) is 21.3 Å². The zero-order chi connectivity index (χ0) is 24.5. The third-order valence-corrected chi connectivity index (χ3v) is 6.59. The van der Waals surface area contributed by atoms with Crippen LogP contribution in [0.15, 0.2) is 60.1 Å². The molecule has 3 heterocycles. The number of pyridine rings is 1. The number of H-pyrrole nitrogens is 1. The number of halogens is 1. The number of benzene rings is 2. The fourth-order valence-electron chi connectivity index (χ4n) is 3.84. The molecule has 0 fully saturated rings. The number of ether oxygens (including phenoxy) is 3. The van der Waals surface area contributed by atoms with Gasteiger partial charge in [-0.3, -0.25) is 4.79 Å². The van der Waals surface area contributed by atoms with Crippen molar-refractivity contribution in [1.82, 2.24) is 15.0 Å². The van der Waals surface area contributed by atoms with Crippen molar-refractivity contribution in [2.24, 2.45) is 0 Å². The molecule has 9 heteroatoms. The molecule has 0 saturated carbocycles. The Kier molecular flexibility index (Phi) is 5.92. The van der Waals surface area contributed by atoms with Crippen molar-refractivity contribution in [1.29, 1.82) is 0 Å². The Labute approximate surface area is 204 Å². The van der Waals surface area contributed by atoms with Gasteiger partial charge >= 0.3 is 0 Å². The number of thiophene rings is 1. The minimum absolute atomic E-state index is 0.139. The Morgan fingerprint density at radius 1 is 0.943 bits per heavy atom. The van der Waals surface area contributed by atoms with Gasteiger partial charge in [-0.05, 0) is 36.4 Å². The van der Waals surface area contributed by atoms with E-state index in [1.807, 2.05) is 17.5 Å². The lowest BCUT2D eigenvalue weighted by atomic mass is 10.1. The summed E-state index contributed by atoms with van der Waals surface area (Å²) >= 11 is 1.28. The lowest BCUT2D eigenvalue weighted by Gasteiger charge is -2.09. The number of hydrogen-bond donors (Lipinski definition) is 1. The Morgan fingerprint density at radius 2 is 1.71 bits per heavy atom. The van der Waals surface area contributed by atoms with Crippen LogP contribution in [0.5, 0.6) is 17.2 Å². The summed E-state index contributed by atoms with van der Waals surface area (Å²) in [7, 11) is 4.65. The monoisotopic (exact) mass is 489 g/mol. The first-order chi connectivity index (χ1) is 17.0. The summed E-state index contributed by atoms with van der Waals surface area (Å²) in [5.74, 6) is 1.09. The fraction of sp³-hybridized carbons (Fsp3) is 0.115. The van der Waals surface area contributed by atoms with Gasteiger partial charge in [0.25, 0.3) is 0 Å². The molecule has 0 aliphatic rings. The molecule has 2 aromatic carbocycles. The minimum atomic E-state index is -0.383. The van der Waals surface area contributed by atoms with Gasteiger partial charge in [0.15, 0.2) is 17.3 Å². The lowest BCUT2D eigenvalue weighted by Crippen LogP contribution is -2.07. The molecule has 0 unspecified atom stereocenters. The van der Waals surface area contributed by atoms with Crippen molar-refractivity contribution in [2.45, 2.75) is 0 Å². The Balaban J connectivity index is 1.51. The summed E-state index contributed by atoms with van der Waals surface area (Å²) in [5.41, 5.74) is 2.67. The first kappa shape index (κ1) is 22.5. The number of rotatable bonds is 7. The van der Waals surface area contributed by atoms with Crippen molar-refractivity contribution in [3.05, 3.63) is 77.4 Å². The average molecular weight is 490 g/mol. The highest BCUT2D eigenvalue weighted by molar-refractivity contribution is 7.17. The quantitative estimate of drug-likeness (QED) is 0.293. The molecule has 5 aromatic rings. The fourth-order valence-corrected chi connectivity index (χ4v) is 4.80. The van der Waals surface area contributed by atoms with E-state index in [9.17, 15) is 9.18 Å². The van der Waals surface area contributed by atoms with Gasteiger partial charge in [-0.2, -0.15) is 0 Å². The van der Waals surface area contributed by atoms with Crippen LogP contribution in [0.2, 0.25) is 0 Å². The highest BCUT2D eigenvalue weighted by atomic mass is 32.1. The number of hydrogen-bond acceptors (Lipinski definition) is 7. The molecule has 0 amide bonds. The van der Waals surface area contributed by atoms with E-state index in [0.29, 0.717) is 44.3 Å². The van der Waals surface area contributed by atoms with Crippen LogP contribution in [0.4, 0.5) is 4.39 Å². The van der Waals surface area contributed by atoms with Crippen LogP contribution in [-0.4, -0.2) is 42.1 Å². The van der Waals surface area contributed by atoms with Crippen LogP contribution in [0.25, 0.3) is 32.6 Å². The molecule has 0 atom stereocenters. The van der Waals surface area contributed by atoms with Gasteiger partial charge in [0.05, 0.1) is 31.7 Å². The maximum Gasteiger partial charge on any atom is 0.246 e. The minimum Gasteiger partial charge on any atom is -0.494 e. The third-order valence-electron chi connectivity index (χ3n) is 5.59. The summed E-state index contributed by atoms with van der Waals surface area (Å²) in [6.07, 6.45) is 1.65. The maximum atomic E-state index is 14.2. The Hall–Kier alpha value is -4.24. The Bertz CT molecular complexity index is 1560. The van der Waals surface area contributed by atoms with Crippen molar-refractivity contribution >= 4 is 27.2 Å². The number of ketones is 1. The van der Waals surface area contributed by atoms with Gasteiger partial charge in [0, 0.05) is 28.1 Å². The van der Waals surface area contributed by atoms with Gasteiger partial charge in [0.2, 0.25) is 5.78 Å². The normalized spacial score (nSPS) is 11.0. The van der Waals surface area contributed by atoms with Crippen molar-refractivity contribution < 1.29 is 23.4 Å². The molecule has 3 aromatic heterocycles. The summed E-state index contributed by atoms with van der Waals surface area (Å²) in [6, 6.07) is 13.5. The molecule has 35 heavy (non-hydrogen) atoms. The number of nitrogens with zero attached hydrogens (tertiary/aromatic N) is 2. The molecule has 0 aliphatic carbocycles.